The number of fused-ring (bicyclic) bond motifs is 1. The Kier molecular flexibility index (Phi) is 7.75. The number of benzene rings is 2. The van der Waals surface area contributed by atoms with E-state index in [9.17, 15) is 13.2 Å². The molecule has 0 unspecified atom stereocenters. The van der Waals surface area contributed by atoms with Gasteiger partial charge in [0.1, 0.15) is 5.69 Å². The first kappa shape index (κ1) is 21.6. The molecule has 0 radical (unpaired) electrons. The standard InChI is InChI=1S/C15H10F3N3.C4H9N.C2H6/c16-15(17,18)10-7-5-9(6-8-10)13-11-3-1-2-4-12(11)14(19)21-20-13;1-2-4-5-3-1;1-2/h1-8H,(H2,19,21);5H,1-4H2;1-2H3. The van der Waals surface area contributed by atoms with Crippen LogP contribution in [0.5, 0.6) is 0 Å². The maximum Gasteiger partial charge on any atom is 0.416 e. The van der Waals surface area contributed by atoms with Crippen molar-refractivity contribution in [3.63, 3.8) is 0 Å². The number of nitrogen functional groups attached to an aromatic ring is 1. The number of nitrogens with one attached hydrogen (secondary N) is 1. The Balaban J connectivity index is 0.000000342. The number of nitrogens with zero attached hydrogens (tertiary/aromatic N) is 2. The van der Waals surface area contributed by atoms with Crippen molar-refractivity contribution < 1.29 is 13.2 Å². The van der Waals surface area contributed by atoms with Crippen molar-refractivity contribution in [1.82, 2.24) is 15.5 Å². The van der Waals surface area contributed by atoms with Crippen molar-refractivity contribution in [2.24, 2.45) is 0 Å². The topological polar surface area (TPSA) is 63.8 Å². The highest BCUT2D eigenvalue weighted by atomic mass is 19.4. The molecule has 0 bridgehead atoms. The van der Waals surface area contributed by atoms with Gasteiger partial charge in [-0.15, -0.1) is 10.2 Å². The quantitative estimate of drug-likeness (QED) is 0.592. The molecule has 3 N–H and O–H groups in total. The van der Waals surface area contributed by atoms with Crippen molar-refractivity contribution in [3.8, 4) is 11.3 Å². The van der Waals surface area contributed by atoms with Gasteiger partial charge in [-0.25, -0.2) is 0 Å². The van der Waals surface area contributed by atoms with E-state index in [1.165, 1.54) is 38.1 Å². The second-order valence-electron chi connectivity index (χ2n) is 6.01. The molecule has 1 aromatic heterocycles. The van der Waals surface area contributed by atoms with Crippen molar-refractivity contribution in [3.05, 3.63) is 54.1 Å². The molecule has 0 aliphatic carbocycles. The maximum atomic E-state index is 12.6. The van der Waals surface area contributed by atoms with Gasteiger partial charge in [-0.3, -0.25) is 0 Å². The minimum absolute atomic E-state index is 0.293. The molecular formula is C21H25F3N4. The summed E-state index contributed by atoms with van der Waals surface area (Å²) in [6.45, 7) is 6.50. The Morgan fingerprint density at radius 1 is 0.857 bits per heavy atom. The second kappa shape index (κ2) is 10.0. The average molecular weight is 390 g/mol. The van der Waals surface area contributed by atoms with Gasteiger partial charge in [-0.05, 0) is 38.1 Å². The molecule has 4 nitrogen and oxygen atoms in total. The van der Waals surface area contributed by atoms with Crippen LogP contribution in [0.15, 0.2) is 48.5 Å². The fourth-order valence-electron chi connectivity index (χ4n) is 2.78. The zero-order valence-electron chi connectivity index (χ0n) is 16.1. The molecule has 0 spiro atoms. The Morgan fingerprint density at radius 2 is 1.43 bits per heavy atom. The van der Waals surface area contributed by atoms with Gasteiger partial charge in [0.15, 0.2) is 5.82 Å². The number of hydrogen-bond acceptors (Lipinski definition) is 4. The fraction of sp³-hybridized carbons (Fsp3) is 0.333. The number of alkyl halides is 3. The second-order valence-corrected chi connectivity index (χ2v) is 6.01. The fourth-order valence-corrected chi connectivity index (χ4v) is 2.78. The minimum Gasteiger partial charge on any atom is -0.382 e. The summed E-state index contributed by atoms with van der Waals surface area (Å²) < 4.78 is 37.8. The van der Waals surface area contributed by atoms with Gasteiger partial charge in [-0.1, -0.05) is 50.2 Å². The zero-order valence-corrected chi connectivity index (χ0v) is 16.1. The summed E-state index contributed by atoms with van der Waals surface area (Å²) in [7, 11) is 0. The molecule has 7 heteroatoms. The molecule has 4 rings (SSSR count). The third-order valence-electron chi connectivity index (χ3n) is 4.16. The molecule has 0 amide bonds. The van der Waals surface area contributed by atoms with Crippen LogP contribution in [0.4, 0.5) is 19.0 Å². The van der Waals surface area contributed by atoms with Crippen LogP contribution in [0.3, 0.4) is 0 Å². The molecule has 1 saturated heterocycles. The van der Waals surface area contributed by atoms with E-state index in [0.717, 1.165) is 22.9 Å². The average Bonchev–Trinajstić information content (AvgIpc) is 3.30. The lowest BCUT2D eigenvalue weighted by molar-refractivity contribution is -0.137. The highest BCUT2D eigenvalue weighted by Gasteiger charge is 2.30. The van der Waals surface area contributed by atoms with Crippen LogP contribution < -0.4 is 11.1 Å². The molecule has 1 fully saturated rings. The summed E-state index contributed by atoms with van der Waals surface area (Å²) in [6.07, 6.45) is -1.58. The first-order valence-electron chi connectivity index (χ1n) is 9.36. The van der Waals surface area contributed by atoms with Crippen LogP contribution in [0, 0.1) is 0 Å². The lowest BCUT2D eigenvalue weighted by atomic mass is 10.0. The Hall–Kier alpha value is -2.67. The van der Waals surface area contributed by atoms with E-state index < -0.39 is 11.7 Å². The van der Waals surface area contributed by atoms with E-state index in [1.807, 2.05) is 32.0 Å². The number of anilines is 1. The molecule has 28 heavy (non-hydrogen) atoms. The predicted molar refractivity (Wildman–Crippen MR) is 108 cm³/mol. The summed E-state index contributed by atoms with van der Waals surface area (Å²) in [6, 6.07) is 12.1. The van der Waals surface area contributed by atoms with E-state index in [1.54, 1.807) is 6.07 Å². The summed E-state index contributed by atoms with van der Waals surface area (Å²) in [5.41, 5.74) is 6.14. The van der Waals surface area contributed by atoms with Crippen LogP contribution in [0.25, 0.3) is 22.0 Å². The van der Waals surface area contributed by atoms with Crippen molar-refractivity contribution >= 4 is 16.6 Å². The van der Waals surface area contributed by atoms with E-state index in [-0.39, 0.29) is 0 Å². The van der Waals surface area contributed by atoms with Crippen LogP contribution in [0.2, 0.25) is 0 Å². The number of rotatable bonds is 1. The molecule has 0 saturated carbocycles. The van der Waals surface area contributed by atoms with Crippen LogP contribution in [-0.4, -0.2) is 23.3 Å². The highest BCUT2D eigenvalue weighted by Crippen LogP contribution is 2.32. The largest absolute Gasteiger partial charge is 0.416 e. The van der Waals surface area contributed by atoms with Crippen LogP contribution >= 0.6 is 0 Å². The maximum absolute atomic E-state index is 12.6. The first-order valence-corrected chi connectivity index (χ1v) is 9.36. The van der Waals surface area contributed by atoms with Crippen molar-refractivity contribution in [2.75, 3.05) is 18.8 Å². The predicted octanol–water partition coefficient (Wildman–Crippen LogP) is 5.29. The van der Waals surface area contributed by atoms with Gasteiger partial charge in [0.05, 0.1) is 5.56 Å². The monoisotopic (exact) mass is 390 g/mol. The Bertz CT molecular complexity index is 865. The number of halogens is 3. The van der Waals surface area contributed by atoms with Crippen LogP contribution in [-0.2, 0) is 6.18 Å². The number of nitrogens with two attached hydrogens (primary N) is 1. The first-order chi connectivity index (χ1) is 13.5. The van der Waals surface area contributed by atoms with E-state index >= 15 is 0 Å². The summed E-state index contributed by atoms with van der Waals surface area (Å²) >= 11 is 0. The SMILES string of the molecule is C1CCNC1.CC.Nc1nnc(-c2ccc(C(F)(F)F)cc2)c2ccccc12. The number of hydrogen-bond donors (Lipinski definition) is 2. The van der Waals surface area contributed by atoms with E-state index in [2.05, 4.69) is 15.5 Å². The minimum atomic E-state index is -4.35. The molecule has 1 aliphatic heterocycles. The van der Waals surface area contributed by atoms with Gasteiger partial charge in [-0.2, -0.15) is 13.2 Å². The Labute approximate surface area is 163 Å². The zero-order chi connectivity index (χ0) is 20.6. The molecule has 1 aliphatic rings. The van der Waals surface area contributed by atoms with Gasteiger partial charge in [0.2, 0.25) is 0 Å². The number of aromatic nitrogens is 2. The van der Waals surface area contributed by atoms with Gasteiger partial charge < -0.3 is 11.1 Å². The van der Waals surface area contributed by atoms with E-state index in [4.69, 9.17) is 5.73 Å². The molecule has 2 aromatic carbocycles. The van der Waals surface area contributed by atoms with Gasteiger partial charge >= 0.3 is 6.18 Å². The third kappa shape index (κ3) is 5.42. The molecule has 3 aromatic rings. The summed E-state index contributed by atoms with van der Waals surface area (Å²) in [5, 5.41) is 12.6. The third-order valence-corrected chi connectivity index (χ3v) is 4.16. The van der Waals surface area contributed by atoms with Gasteiger partial charge in [0.25, 0.3) is 0 Å². The Morgan fingerprint density at radius 3 is 1.93 bits per heavy atom. The van der Waals surface area contributed by atoms with Crippen molar-refractivity contribution in [2.45, 2.75) is 32.9 Å². The smallest absolute Gasteiger partial charge is 0.382 e. The van der Waals surface area contributed by atoms with Gasteiger partial charge in [0, 0.05) is 16.3 Å². The molecule has 2 heterocycles. The normalized spacial score (nSPS) is 13.3. The van der Waals surface area contributed by atoms with Crippen LogP contribution in [0.1, 0.15) is 32.3 Å². The highest BCUT2D eigenvalue weighted by molar-refractivity contribution is 5.99. The summed E-state index contributed by atoms with van der Waals surface area (Å²) in [4.78, 5) is 0. The molecule has 150 valence electrons. The van der Waals surface area contributed by atoms with Crippen molar-refractivity contribution in [1.29, 1.82) is 0 Å². The lowest BCUT2D eigenvalue weighted by Crippen LogP contribution is -2.04. The van der Waals surface area contributed by atoms with E-state index in [0.29, 0.717) is 17.1 Å². The molecular weight excluding hydrogens is 365 g/mol. The molecule has 0 atom stereocenters. The summed E-state index contributed by atoms with van der Waals surface area (Å²) in [5.74, 6) is 0.293. The lowest BCUT2D eigenvalue weighted by Gasteiger charge is -2.09.